The topological polar surface area (TPSA) is 20.2 Å². The molecule has 2 fully saturated rings. The van der Waals surface area contributed by atoms with Crippen molar-refractivity contribution in [2.45, 2.75) is 31.4 Å². The first kappa shape index (κ1) is 6.59. The number of fused-ring (bicyclic) bond motifs is 2. The molecule has 3 atom stereocenters. The van der Waals surface area contributed by atoms with Crippen molar-refractivity contribution in [3.63, 3.8) is 0 Å². The lowest BCUT2D eigenvalue weighted by atomic mass is 9.87. The van der Waals surface area contributed by atoms with Crippen LogP contribution in [0.1, 0.15) is 25.7 Å². The van der Waals surface area contributed by atoms with Crippen molar-refractivity contribution in [3.8, 4) is 0 Å². The van der Waals surface area contributed by atoms with Crippen LogP contribution >= 0.6 is 0 Å². The number of hydrogen-bond acceptors (Lipinski definition) is 1. The monoisotopic (exact) mass is 144 g/mol. The summed E-state index contributed by atoms with van der Waals surface area (Å²) in [6, 6.07) is 0. The van der Waals surface area contributed by atoms with Gasteiger partial charge in [-0.3, -0.25) is 0 Å². The van der Waals surface area contributed by atoms with Gasteiger partial charge >= 0.3 is 0 Å². The van der Waals surface area contributed by atoms with E-state index >= 15 is 0 Å². The Morgan fingerprint density at radius 3 is 2.60 bits per heavy atom. The van der Waals surface area contributed by atoms with Gasteiger partial charge in [-0.05, 0) is 37.5 Å². The van der Waals surface area contributed by atoms with Crippen LogP contribution in [0.25, 0.3) is 0 Å². The Hall–Kier alpha value is -0.110. The van der Waals surface area contributed by atoms with Gasteiger partial charge in [0.1, 0.15) is 5.67 Å². The van der Waals surface area contributed by atoms with Gasteiger partial charge in [-0.1, -0.05) is 0 Å². The van der Waals surface area contributed by atoms with Crippen molar-refractivity contribution < 1.29 is 9.50 Å². The van der Waals surface area contributed by atoms with E-state index in [0.29, 0.717) is 12.3 Å². The third-order valence-corrected chi connectivity index (χ3v) is 3.16. The van der Waals surface area contributed by atoms with Crippen LogP contribution in [0.2, 0.25) is 0 Å². The zero-order valence-corrected chi connectivity index (χ0v) is 6.02. The molecule has 0 aromatic heterocycles. The molecule has 0 saturated heterocycles. The molecule has 1 N–H and O–H groups in total. The van der Waals surface area contributed by atoms with Crippen molar-refractivity contribution in [1.29, 1.82) is 0 Å². The van der Waals surface area contributed by atoms with Gasteiger partial charge in [0.2, 0.25) is 0 Å². The molecule has 2 rings (SSSR count). The van der Waals surface area contributed by atoms with Crippen LogP contribution in [0.15, 0.2) is 0 Å². The molecule has 10 heavy (non-hydrogen) atoms. The van der Waals surface area contributed by atoms with Crippen LogP contribution in [-0.4, -0.2) is 17.4 Å². The summed E-state index contributed by atoms with van der Waals surface area (Å²) in [5.41, 5.74) is -1.19. The van der Waals surface area contributed by atoms with Crippen molar-refractivity contribution in [1.82, 2.24) is 0 Å². The fraction of sp³-hybridized carbons (Fsp3) is 1.00. The lowest BCUT2D eigenvalue weighted by Crippen LogP contribution is -2.33. The number of halogens is 1. The predicted molar refractivity (Wildman–Crippen MR) is 36.4 cm³/mol. The predicted octanol–water partition coefficient (Wildman–Crippen LogP) is 1.51. The zero-order chi connectivity index (χ0) is 7.19. The van der Waals surface area contributed by atoms with Gasteiger partial charge in [0.05, 0.1) is 6.61 Å². The minimum Gasteiger partial charge on any atom is -0.393 e. The molecule has 0 aromatic carbocycles. The lowest BCUT2D eigenvalue weighted by Gasteiger charge is -2.27. The molecule has 0 spiro atoms. The Morgan fingerprint density at radius 2 is 2.30 bits per heavy atom. The minimum absolute atomic E-state index is 0.183. The van der Waals surface area contributed by atoms with Crippen LogP contribution in [0.4, 0.5) is 4.39 Å². The molecule has 2 bridgehead atoms. The summed E-state index contributed by atoms with van der Waals surface area (Å²) in [5.74, 6) is 0.768. The Balaban J connectivity index is 2.14. The average Bonchev–Trinajstić information content (AvgIpc) is 2.46. The van der Waals surface area contributed by atoms with Crippen molar-refractivity contribution in [3.05, 3.63) is 0 Å². The Morgan fingerprint density at radius 1 is 1.50 bits per heavy atom. The van der Waals surface area contributed by atoms with E-state index in [2.05, 4.69) is 0 Å². The van der Waals surface area contributed by atoms with E-state index in [1.807, 2.05) is 0 Å². The largest absolute Gasteiger partial charge is 0.393 e. The average molecular weight is 144 g/mol. The Labute approximate surface area is 60.2 Å². The van der Waals surface area contributed by atoms with Crippen LogP contribution < -0.4 is 0 Å². The number of rotatable bonds is 1. The highest BCUT2D eigenvalue weighted by Gasteiger charge is 2.51. The van der Waals surface area contributed by atoms with Crippen LogP contribution in [-0.2, 0) is 0 Å². The van der Waals surface area contributed by atoms with Crippen LogP contribution in [0.5, 0.6) is 0 Å². The molecular weight excluding hydrogens is 131 g/mol. The first-order chi connectivity index (χ1) is 4.74. The Bertz CT molecular complexity index is 148. The third kappa shape index (κ3) is 0.715. The highest BCUT2D eigenvalue weighted by atomic mass is 19.1. The molecule has 1 nitrogen and oxygen atoms in total. The quantitative estimate of drug-likeness (QED) is 0.591. The fourth-order valence-electron chi connectivity index (χ4n) is 2.57. The van der Waals surface area contributed by atoms with Gasteiger partial charge in [-0.25, -0.2) is 4.39 Å². The SMILES string of the molecule is OCC1(F)CC2CCC1C2. The standard InChI is InChI=1S/C8H13FO/c9-8(5-10)4-6-1-2-7(8)3-6/h6-7,10H,1-5H2. The van der Waals surface area contributed by atoms with Gasteiger partial charge < -0.3 is 5.11 Å². The number of aliphatic hydroxyl groups is 1. The molecule has 2 saturated carbocycles. The summed E-state index contributed by atoms with van der Waals surface area (Å²) in [7, 11) is 0. The third-order valence-electron chi connectivity index (χ3n) is 3.16. The maximum atomic E-state index is 13.5. The minimum atomic E-state index is -1.19. The first-order valence-corrected chi connectivity index (χ1v) is 4.04. The zero-order valence-electron chi connectivity index (χ0n) is 6.02. The molecule has 0 amide bonds. The summed E-state index contributed by atoms with van der Waals surface area (Å²) in [6.45, 7) is -0.256. The molecule has 2 heteroatoms. The van der Waals surface area contributed by atoms with E-state index in [-0.39, 0.29) is 12.5 Å². The van der Waals surface area contributed by atoms with Gasteiger partial charge in [0.25, 0.3) is 0 Å². The van der Waals surface area contributed by atoms with E-state index < -0.39 is 5.67 Å². The summed E-state index contributed by atoms with van der Waals surface area (Å²) in [5, 5.41) is 8.77. The van der Waals surface area contributed by atoms with E-state index in [9.17, 15) is 4.39 Å². The second-order valence-electron chi connectivity index (χ2n) is 3.77. The van der Waals surface area contributed by atoms with Gasteiger partial charge in [-0.2, -0.15) is 0 Å². The van der Waals surface area contributed by atoms with Crippen molar-refractivity contribution in [2.75, 3.05) is 6.61 Å². The molecule has 2 aliphatic rings. The molecule has 0 aromatic rings. The maximum Gasteiger partial charge on any atom is 0.137 e. The van der Waals surface area contributed by atoms with E-state index in [0.717, 1.165) is 12.8 Å². The van der Waals surface area contributed by atoms with Crippen LogP contribution in [0, 0.1) is 11.8 Å². The highest BCUT2D eigenvalue weighted by Crippen LogP contribution is 2.52. The second kappa shape index (κ2) is 1.94. The summed E-state index contributed by atoms with van der Waals surface area (Å²) < 4.78 is 13.5. The van der Waals surface area contributed by atoms with Gasteiger partial charge in [0.15, 0.2) is 0 Å². The molecule has 0 radical (unpaired) electrons. The Kier molecular flexibility index (Phi) is 1.28. The number of aliphatic hydroxyl groups excluding tert-OH is 1. The molecule has 0 aliphatic heterocycles. The summed E-state index contributed by atoms with van der Waals surface area (Å²) >= 11 is 0. The summed E-state index contributed by atoms with van der Waals surface area (Å²) in [6.07, 6.45) is 3.84. The van der Waals surface area contributed by atoms with Gasteiger partial charge in [-0.15, -0.1) is 0 Å². The van der Waals surface area contributed by atoms with E-state index in [1.54, 1.807) is 0 Å². The normalized spacial score (nSPS) is 52.2. The summed E-state index contributed by atoms with van der Waals surface area (Å²) in [4.78, 5) is 0. The fourth-order valence-corrected chi connectivity index (χ4v) is 2.57. The number of hydrogen-bond donors (Lipinski definition) is 1. The van der Waals surface area contributed by atoms with Crippen molar-refractivity contribution >= 4 is 0 Å². The maximum absolute atomic E-state index is 13.5. The van der Waals surface area contributed by atoms with Crippen molar-refractivity contribution in [2.24, 2.45) is 11.8 Å². The molecular formula is C8H13FO. The van der Waals surface area contributed by atoms with E-state index in [4.69, 9.17) is 5.11 Å². The highest BCUT2D eigenvalue weighted by molar-refractivity contribution is 5.00. The lowest BCUT2D eigenvalue weighted by molar-refractivity contribution is 0.0208. The number of alkyl halides is 1. The molecule has 58 valence electrons. The van der Waals surface area contributed by atoms with Gasteiger partial charge in [0, 0.05) is 0 Å². The van der Waals surface area contributed by atoms with Crippen LogP contribution in [0.3, 0.4) is 0 Å². The molecule has 2 aliphatic carbocycles. The smallest absolute Gasteiger partial charge is 0.137 e. The van der Waals surface area contributed by atoms with E-state index in [1.165, 1.54) is 6.42 Å². The molecule has 3 unspecified atom stereocenters. The second-order valence-corrected chi connectivity index (χ2v) is 3.77. The first-order valence-electron chi connectivity index (χ1n) is 4.04. The molecule has 0 heterocycles.